The molecule has 8 nitrogen and oxygen atoms in total. The molecule has 10 heteroatoms. The number of anilines is 1. The molecule has 2 aliphatic rings. The zero-order valence-electron chi connectivity index (χ0n) is 18.8. The lowest BCUT2D eigenvalue weighted by atomic mass is 10.1. The molecule has 4 rings (SSSR count). The first-order valence-corrected chi connectivity index (χ1v) is 13.4. The third-order valence-electron chi connectivity index (χ3n) is 6.04. The lowest BCUT2D eigenvalue weighted by Gasteiger charge is -2.34. The van der Waals surface area contributed by atoms with Crippen LogP contribution in [-0.2, 0) is 27.6 Å². The molecule has 0 saturated carbocycles. The number of fused-ring (bicyclic) bond motifs is 1. The number of thiophene rings is 1. The highest BCUT2D eigenvalue weighted by molar-refractivity contribution is 7.89. The summed E-state index contributed by atoms with van der Waals surface area (Å²) < 4.78 is 33.1. The number of carbonyl (C=O) groups is 2. The van der Waals surface area contributed by atoms with E-state index in [1.807, 2.05) is 13.8 Å². The number of aryl methyl sites for hydroxylation is 1. The van der Waals surface area contributed by atoms with E-state index in [1.54, 1.807) is 0 Å². The first kappa shape index (κ1) is 23.9. The molecule has 0 radical (unpaired) electrons. The number of amides is 2. The molecule has 1 aliphatic heterocycles. The number of rotatable bonds is 5. The molecule has 2 unspecified atom stereocenters. The summed E-state index contributed by atoms with van der Waals surface area (Å²) in [5.41, 5.74) is 7.30. The summed E-state index contributed by atoms with van der Waals surface area (Å²) in [7, 11) is -3.69. The van der Waals surface area contributed by atoms with Gasteiger partial charge in [0.25, 0.3) is 11.8 Å². The minimum Gasteiger partial charge on any atom is -0.373 e. The number of nitrogens with one attached hydrogen (secondary N) is 1. The van der Waals surface area contributed by atoms with Gasteiger partial charge in [0.2, 0.25) is 10.0 Å². The van der Waals surface area contributed by atoms with Gasteiger partial charge in [0.1, 0.15) is 5.00 Å². The van der Waals surface area contributed by atoms with Gasteiger partial charge in [0.05, 0.1) is 22.7 Å². The first-order chi connectivity index (χ1) is 15.7. The molecule has 1 aromatic carbocycles. The van der Waals surface area contributed by atoms with E-state index in [4.69, 9.17) is 10.5 Å². The standard InChI is InChI=1S/C23H29N3O5S2/c1-14-12-26(13-15(2)31-14)33(29,30)17-10-8-16(9-11-17)22(28)25-23-20(21(24)27)18-6-4-3-5-7-19(18)32-23/h8-11,14-15H,3-7,12-13H2,1-2H3,(H2,24,27)(H,25,28). The van der Waals surface area contributed by atoms with E-state index < -0.39 is 21.8 Å². The van der Waals surface area contributed by atoms with Crippen LogP contribution in [0.3, 0.4) is 0 Å². The van der Waals surface area contributed by atoms with Gasteiger partial charge >= 0.3 is 0 Å². The lowest BCUT2D eigenvalue weighted by molar-refractivity contribution is -0.0440. The number of morpholine rings is 1. The van der Waals surface area contributed by atoms with Crippen molar-refractivity contribution in [3.05, 3.63) is 45.8 Å². The second kappa shape index (κ2) is 9.54. The van der Waals surface area contributed by atoms with Gasteiger partial charge in [-0.3, -0.25) is 9.59 Å². The number of hydrogen-bond acceptors (Lipinski definition) is 6. The summed E-state index contributed by atoms with van der Waals surface area (Å²) in [5, 5.41) is 3.29. The van der Waals surface area contributed by atoms with Crippen LogP contribution in [0.1, 0.15) is 64.3 Å². The second-order valence-electron chi connectivity index (χ2n) is 8.69. The van der Waals surface area contributed by atoms with Gasteiger partial charge in [0.15, 0.2) is 0 Å². The summed E-state index contributed by atoms with van der Waals surface area (Å²) in [4.78, 5) is 26.2. The van der Waals surface area contributed by atoms with Crippen LogP contribution in [0, 0.1) is 0 Å². The van der Waals surface area contributed by atoms with Crippen molar-refractivity contribution in [3.8, 4) is 0 Å². The molecule has 1 fully saturated rings. The Balaban J connectivity index is 1.53. The zero-order valence-corrected chi connectivity index (χ0v) is 20.4. The maximum atomic E-state index is 13.0. The largest absolute Gasteiger partial charge is 0.373 e. The highest BCUT2D eigenvalue weighted by Gasteiger charge is 2.32. The quantitative estimate of drug-likeness (QED) is 0.623. The Morgan fingerprint density at radius 2 is 1.70 bits per heavy atom. The number of carbonyl (C=O) groups excluding carboxylic acids is 2. The van der Waals surface area contributed by atoms with Gasteiger partial charge in [-0.05, 0) is 69.4 Å². The third-order valence-corrected chi connectivity index (χ3v) is 9.09. The summed E-state index contributed by atoms with van der Waals surface area (Å²) in [6.07, 6.45) is 4.44. The van der Waals surface area contributed by atoms with Gasteiger partial charge in [-0.15, -0.1) is 11.3 Å². The van der Waals surface area contributed by atoms with Crippen LogP contribution in [-0.4, -0.2) is 49.8 Å². The van der Waals surface area contributed by atoms with E-state index in [2.05, 4.69) is 5.32 Å². The van der Waals surface area contributed by atoms with Crippen LogP contribution >= 0.6 is 11.3 Å². The number of ether oxygens (including phenoxy) is 1. The Bertz CT molecular complexity index is 1150. The van der Waals surface area contributed by atoms with Gasteiger partial charge < -0.3 is 15.8 Å². The highest BCUT2D eigenvalue weighted by Crippen LogP contribution is 2.37. The predicted octanol–water partition coefficient (Wildman–Crippen LogP) is 3.17. The van der Waals surface area contributed by atoms with Crippen molar-refractivity contribution in [1.82, 2.24) is 4.31 Å². The lowest BCUT2D eigenvalue weighted by Crippen LogP contribution is -2.48. The number of sulfonamides is 1. The number of benzene rings is 1. The fourth-order valence-electron chi connectivity index (χ4n) is 4.52. The Kier molecular flexibility index (Phi) is 6.90. The van der Waals surface area contributed by atoms with Crippen molar-refractivity contribution >= 4 is 38.2 Å². The Labute approximate surface area is 198 Å². The highest BCUT2D eigenvalue weighted by atomic mass is 32.2. The smallest absolute Gasteiger partial charge is 0.256 e. The molecule has 1 aliphatic carbocycles. The average Bonchev–Trinajstić information content (AvgIpc) is 2.94. The van der Waals surface area contributed by atoms with Gasteiger partial charge in [0, 0.05) is 23.5 Å². The van der Waals surface area contributed by atoms with E-state index in [1.165, 1.54) is 39.9 Å². The van der Waals surface area contributed by atoms with Crippen molar-refractivity contribution < 1.29 is 22.7 Å². The Hall–Kier alpha value is -2.27. The predicted molar refractivity (Wildman–Crippen MR) is 127 cm³/mol. The molecule has 2 heterocycles. The number of nitrogens with two attached hydrogens (primary N) is 1. The SMILES string of the molecule is CC1CN(S(=O)(=O)c2ccc(C(=O)Nc3sc4c(c3C(N)=O)CCCCC4)cc2)CC(C)O1. The van der Waals surface area contributed by atoms with Crippen molar-refractivity contribution in [2.75, 3.05) is 18.4 Å². The van der Waals surface area contributed by atoms with E-state index in [-0.39, 0.29) is 30.2 Å². The van der Waals surface area contributed by atoms with Crippen molar-refractivity contribution in [1.29, 1.82) is 0 Å². The van der Waals surface area contributed by atoms with Crippen LogP contribution in [0.25, 0.3) is 0 Å². The molecule has 2 atom stereocenters. The van der Waals surface area contributed by atoms with Crippen LogP contribution in [0.4, 0.5) is 5.00 Å². The maximum absolute atomic E-state index is 13.0. The van der Waals surface area contributed by atoms with Crippen molar-refractivity contribution in [2.24, 2.45) is 5.73 Å². The first-order valence-electron chi connectivity index (χ1n) is 11.2. The van der Waals surface area contributed by atoms with Crippen LogP contribution < -0.4 is 11.1 Å². The summed E-state index contributed by atoms with van der Waals surface area (Å²) in [5.74, 6) is -0.952. The molecule has 2 amide bonds. The normalized spacial score (nSPS) is 21.8. The second-order valence-corrected chi connectivity index (χ2v) is 11.7. The average molecular weight is 492 g/mol. The monoisotopic (exact) mass is 491 g/mol. The molecule has 2 aromatic rings. The van der Waals surface area contributed by atoms with Crippen molar-refractivity contribution in [3.63, 3.8) is 0 Å². The van der Waals surface area contributed by atoms with Crippen LogP contribution in [0.5, 0.6) is 0 Å². The zero-order chi connectivity index (χ0) is 23.8. The van der Waals surface area contributed by atoms with Gasteiger partial charge in [-0.2, -0.15) is 4.31 Å². The van der Waals surface area contributed by atoms with Crippen molar-refractivity contribution in [2.45, 2.75) is 63.1 Å². The molecule has 0 spiro atoms. The van der Waals surface area contributed by atoms with Gasteiger partial charge in [-0.1, -0.05) is 6.42 Å². The minimum absolute atomic E-state index is 0.126. The molecule has 0 bridgehead atoms. The van der Waals surface area contributed by atoms with E-state index in [0.29, 0.717) is 16.1 Å². The summed E-state index contributed by atoms with van der Waals surface area (Å²) in [6, 6.07) is 5.84. The third kappa shape index (κ3) is 4.98. The van der Waals surface area contributed by atoms with Gasteiger partial charge in [-0.25, -0.2) is 8.42 Å². The molecule has 1 saturated heterocycles. The van der Waals surface area contributed by atoms with Crippen LogP contribution in [0.2, 0.25) is 0 Å². The Morgan fingerprint density at radius 1 is 1.06 bits per heavy atom. The molecular weight excluding hydrogens is 462 g/mol. The van der Waals surface area contributed by atoms with E-state index >= 15 is 0 Å². The number of primary amides is 1. The molecule has 1 aromatic heterocycles. The Morgan fingerprint density at radius 3 is 2.33 bits per heavy atom. The maximum Gasteiger partial charge on any atom is 0.256 e. The fourth-order valence-corrected chi connectivity index (χ4v) is 7.40. The minimum atomic E-state index is -3.69. The van der Waals surface area contributed by atoms with E-state index in [9.17, 15) is 18.0 Å². The fraction of sp³-hybridized carbons (Fsp3) is 0.478. The summed E-state index contributed by atoms with van der Waals surface area (Å²) >= 11 is 1.41. The molecule has 178 valence electrons. The van der Waals surface area contributed by atoms with E-state index in [0.717, 1.165) is 42.5 Å². The number of hydrogen-bond donors (Lipinski definition) is 2. The summed E-state index contributed by atoms with van der Waals surface area (Å²) in [6.45, 7) is 4.26. The topological polar surface area (TPSA) is 119 Å². The number of nitrogens with zero attached hydrogens (tertiary/aromatic N) is 1. The molecule has 3 N–H and O–H groups in total. The van der Waals surface area contributed by atoms with Crippen LogP contribution in [0.15, 0.2) is 29.2 Å². The molecule has 33 heavy (non-hydrogen) atoms. The molecular formula is C23H29N3O5S2.